The Bertz CT molecular complexity index is 1270. The number of benzene rings is 1. The molecule has 0 radical (unpaired) electrons. The number of nitrogens with two attached hydrogens (primary N) is 2. The smallest absolute Gasteiger partial charge is 0.374 e. The molecule has 0 aliphatic heterocycles. The van der Waals surface area contributed by atoms with Crippen molar-refractivity contribution in [1.82, 2.24) is 0 Å². The summed E-state index contributed by atoms with van der Waals surface area (Å²) < 4.78 is 64.6. The van der Waals surface area contributed by atoms with Crippen molar-refractivity contribution in [1.29, 1.82) is 0 Å². The molecule has 0 fully saturated rings. The zero-order valence-corrected chi connectivity index (χ0v) is 17.7. The van der Waals surface area contributed by atoms with Gasteiger partial charge in [-0.3, -0.25) is 0 Å². The normalized spacial score (nSPS) is 11.8. The van der Waals surface area contributed by atoms with E-state index in [9.17, 15) is 26.4 Å². The second-order valence-corrected chi connectivity index (χ2v) is 9.28. The zero-order valence-electron chi connectivity index (χ0n) is 16.1. The third-order valence-corrected chi connectivity index (χ3v) is 5.42. The van der Waals surface area contributed by atoms with Gasteiger partial charge in [-0.1, -0.05) is 18.2 Å². The Morgan fingerprint density at radius 2 is 1.12 bits per heavy atom. The topological polar surface area (TPSA) is 199 Å². The van der Waals surface area contributed by atoms with Crippen LogP contribution in [-0.2, 0) is 42.7 Å². The fraction of sp³-hybridized carbons (Fsp3) is 0.111. The van der Waals surface area contributed by atoms with E-state index in [-0.39, 0.29) is 24.7 Å². The molecule has 170 valence electrons. The van der Waals surface area contributed by atoms with Crippen molar-refractivity contribution in [2.45, 2.75) is 23.4 Å². The molecule has 4 N–H and O–H groups in total. The van der Waals surface area contributed by atoms with Crippen molar-refractivity contribution in [3.05, 3.63) is 71.2 Å². The molecule has 3 rings (SSSR count). The minimum absolute atomic E-state index is 0.179. The maximum absolute atomic E-state index is 12.0. The molecule has 12 nitrogen and oxygen atoms in total. The van der Waals surface area contributed by atoms with Crippen molar-refractivity contribution >= 4 is 32.0 Å². The lowest BCUT2D eigenvalue weighted by molar-refractivity contribution is 0.0429. The van der Waals surface area contributed by atoms with Gasteiger partial charge in [0.1, 0.15) is 13.2 Å². The van der Waals surface area contributed by atoms with E-state index < -0.39 is 42.2 Å². The average molecular weight is 484 g/mol. The van der Waals surface area contributed by atoms with Crippen LogP contribution in [0.5, 0.6) is 0 Å². The van der Waals surface area contributed by atoms with E-state index in [0.717, 1.165) is 24.3 Å². The lowest BCUT2D eigenvalue weighted by Crippen LogP contribution is -2.11. The highest BCUT2D eigenvalue weighted by Crippen LogP contribution is 2.16. The molecule has 1 aromatic carbocycles. The largest absolute Gasteiger partial charge is 0.455 e. The van der Waals surface area contributed by atoms with Crippen LogP contribution in [0.3, 0.4) is 0 Å². The Kier molecular flexibility index (Phi) is 6.50. The van der Waals surface area contributed by atoms with Gasteiger partial charge in [-0.25, -0.2) is 36.7 Å². The number of hydrogen-bond acceptors (Lipinski definition) is 10. The molecule has 0 bridgehead atoms. The molecule has 0 spiro atoms. The molecular weight excluding hydrogens is 468 g/mol. The fourth-order valence-corrected chi connectivity index (χ4v) is 3.34. The molecule has 3 aromatic rings. The van der Waals surface area contributed by atoms with Crippen molar-refractivity contribution in [2.24, 2.45) is 10.3 Å². The van der Waals surface area contributed by atoms with Crippen LogP contribution < -0.4 is 10.3 Å². The van der Waals surface area contributed by atoms with Crippen molar-refractivity contribution in [3.63, 3.8) is 0 Å². The fourth-order valence-electron chi connectivity index (χ4n) is 2.41. The first-order chi connectivity index (χ1) is 14.9. The number of ether oxygens (including phenoxy) is 2. The van der Waals surface area contributed by atoms with Crippen LogP contribution in [0.4, 0.5) is 0 Å². The number of carbonyl (C=O) groups excluding carboxylic acids is 2. The van der Waals surface area contributed by atoms with E-state index in [0.29, 0.717) is 11.1 Å². The highest BCUT2D eigenvalue weighted by atomic mass is 32.2. The molecule has 0 amide bonds. The van der Waals surface area contributed by atoms with Crippen LogP contribution in [0.1, 0.15) is 32.2 Å². The van der Waals surface area contributed by atoms with Crippen LogP contribution in [0.2, 0.25) is 0 Å². The first-order valence-corrected chi connectivity index (χ1v) is 11.7. The summed E-state index contributed by atoms with van der Waals surface area (Å²) in [6.07, 6.45) is 0. The highest BCUT2D eigenvalue weighted by molar-refractivity contribution is 7.89. The Morgan fingerprint density at radius 1 is 0.719 bits per heavy atom. The van der Waals surface area contributed by atoms with Crippen LogP contribution in [-0.4, -0.2) is 28.8 Å². The number of furan rings is 2. The zero-order chi connectivity index (χ0) is 23.5. The summed E-state index contributed by atoms with van der Waals surface area (Å²) in [7, 11) is -8.17. The molecule has 2 heterocycles. The van der Waals surface area contributed by atoms with E-state index in [2.05, 4.69) is 0 Å². The summed E-state index contributed by atoms with van der Waals surface area (Å²) in [5.41, 5.74) is 1.08. The first-order valence-electron chi connectivity index (χ1n) is 8.61. The van der Waals surface area contributed by atoms with Crippen LogP contribution in [0.15, 0.2) is 67.5 Å². The Balaban J connectivity index is 1.57. The summed E-state index contributed by atoms with van der Waals surface area (Å²) in [4.78, 5) is 24.0. The van der Waals surface area contributed by atoms with Crippen LogP contribution in [0.25, 0.3) is 0 Å². The van der Waals surface area contributed by atoms with E-state index in [1.54, 1.807) is 24.3 Å². The number of primary sulfonamides is 2. The summed E-state index contributed by atoms with van der Waals surface area (Å²) in [6, 6.07) is 10.8. The number of hydrogen-bond donors (Lipinski definition) is 2. The minimum atomic E-state index is -4.09. The van der Waals surface area contributed by atoms with Crippen molar-refractivity contribution in [2.75, 3.05) is 0 Å². The maximum atomic E-state index is 12.0. The van der Waals surface area contributed by atoms with Gasteiger partial charge in [-0.2, -0.15) is 0 Å². The predicted molar refractivity (Wildman–Crippen MR) is 105 cm³/mol. The first kappa shape index (κ1) is 23.2. The quantitative estimate of drug-likeness (QED) is 0.432. The SMILES string of the molecule is NS(=O)(=O)c1ccc(C(=O)OCc2cccc(COC(=O)c3ccc(S(N)(=O)=O)o3)c2)o1. The third kappa shape index (κ3) is 5.82. The van der Waals surface area contributed by atoms with Gasteiger partial charge in [-0.15, -0.1) is 0 Å². The van der Waals surface area contributed by atoms with Gasteiger partial charge in [0.15, 0.2) is 0 Å². The maximum Gasteiger partial charge on any atom is 0.374 e. The third-order valence-electron chi connectivity index (χ3n) is 3.86. The number of esters is 2. The van der Waals surface area contributed by atoms with Crippen molar-refractivity contribution in [3.8, 4) is 0 Å². The van der Waals surface area contributed by atoms with E-state index in [1.165, 1.54) is 0 Å². The lowest BCUT2D eigenvalue weighted by atomic mass is 10.1. The van der Waals surface area contributed by atoms with Gasteiger partial charge in [0.2, 0.25) is 21.7 Å². The molecule has 0 saturated heterocycles. The van der Waals surface area contributed by atoms with Gasteiger partial charge >= 0.3 is 11.9 Å². The van der Waals surface area contributed by atoms with E-state index >= 15 is 0 Å². The van der Waals surface area contributed by atoms with Gasteiger partial charge in [0.05, 0.1) is 0 Å². The molecule has 14 heteroatoms. The van der Waals surface area contributed by atoms with Crippen molar-refractivity contribution < 1.29 is 44.7 Å². The molecule has 2 aromatic heterocycles. The highest BCUT2D eigenvalue weighted by Gasteiger charge is 2.20. The minimum Gasteiger partial charge on any atom is -0.455 e. The molecular formula is C18H16N2O10S2. The van der Waals surface area contributed by atoms with Crippen LogP contribution >= 0.6 is 0 Å². The molecule has 0 saturated carbocycles. The Morgan fingerprint density at radius 3 is 1.47 bits per heavy atom. The number of carbonyl (C=O) groups is 2. The molecule has 0 aliphatic carbocycles. The van der Waals surface area contributed by atoms with Crippen LogP contribution in [0, 0.1) is 0 Å². The molecule has 0 aliphatic rings. The second kappa shape index (κ2) is 8.96. The Hall–Kier alpha value is -3.46. The summed E-state index contributed by atoms with van der Waals surface area (Å²) in [5, 5.41) is 8.69. The number of sulfonamides is 2. The summed E-state index contributed by atoms with van der Waals surface area (Å²) >= 11 is 0. The number of rotatable bonds is 8. The lowest BCUT2D eigenvalue weighted by Gasteiger charge is -2.07. The van der Waals surface area contributed by atoms with Gasteiger partial charge in [-0.05, 0) is 41.5 Å². The average Bonchev–Trinajstić information content (AvgIpc) is 3.40. The molecule has 0 unspecified atom stereocenters. The van der Waals surface area contributed by atoms with Gasteiger partial charge in [0, 0.05) is 0 Å². The summed E-state index contributed by atoms with van der Waals surface area (Å²) in [5.74, 6) is -2.48. The summed E-state index contributed by atoms with van der Waals surface area (Å²) in [6.45, 7) is -0.357. The molecule has 0 atom stereocenters. The molecule has 32 heavy (non-hydrogen) atoms. The second-order valence-electron chi connectivity index (χ2n) is 6.30. The predicted octanol–water partition coefficient (Wildman–Crippen LogP) is 0.881. The van der Waals surface area contributed by atoms with Gasteiger partial charge in [0.25, 0.3) is 20.0 Å². The standard InChI is InChI=1S/C18H16N2O10S2/c19-31(23,24)15-6-4-13(29-15)17(21)27-9-11-2-1-3-12(8-11)10-28-18(22)14-5-7-16(30-14)32(20,25)26/h1-8H,9-10H2,(H2,19,23,24)(H2,20,25,26). The Labute approximate surface area is 181 Å². The van der Waals surface area contributed by atoms with E-state index in [4.69, 9.17) is 28.6 Å². The van der Waals surface area contributed by atoms with Gasteiger partial charge < -0.3 is 18.3 Å². The van der Waals surface area contributed by atoms with E-state index in [1.807, 2.05) is 0 Å². The monoisotopic (exact) mass is 484 g/mol.